The fourth-order valence-electron chi connectivity index (χ4n) is 5.98. The van der Waals surface area contributed by atoms with Gasteiger partial charge in [-0.25, -0.2) is 0 Å². The number of ether oxygens (including phenoxy) is 3. The molecule has 39 heavy (non-hydrogen) atoms. The number of anilines is 1. The first-order valence-electron chi connectivity index (χ1n) is 13.1. The zero-order valence-electron chi connectivity index (χ0n) is 21.5. The maximum Gasteiger partial charge on any atom is 0.231 e. The first-order chi connectivity index (χ1) is 19.0. The Morgan fingerprint density at radius 3 is 2.54 bits per heavy atom. The van der Waals surface area contributed by atoms with Gasteiger partial charge in [0.25, 0.3) is 0 Å². The SMILES string of the molecule is COc1cc(CN2CCN(c3ccc(Cl)cc3Cl)CC2)c2cc3[n+](cc2c1O)CCc1cc2c(cc1-3)OCO2. The fraction of sp³-hybridized carbons (Fsp3) is 0.300. The minimum atomic E-state index is 0.172. The number of halogens is 2. The van der Waals surface area contributed by atoms with Crippen LogP contribution in [0.1, 0.15) is 11.1 Å². The van der Waals surface area contributed by atoms with Crippen LogP contribution in [0.2, 0.25) is 10.0 Å². The van der Waals surface area contributed by atoms with Crippen LogP contribution in [0.5, 0.6) is 23.0 Å². The number of phenolic OH excluding ortho intramolecular Hbond substituents is 1. The van der Waals surface area contributed by atoms with Crippen molar-refractivity contribution in [3.63, 3.8) is 0 Å². The van der Waals surface area contributed by atoms with Crippen LogP contribution >= 0.6 is 23.2 Å². The normalized spacial score (nSPS) is 16.3. The van der Waals surface area contributed by atoms with E-state index in [1.807, 2.05) is 18.2 Å². The van der Waals surface area contributed by atoms with E-state index >= 15 is 0 Å². The van der Waals surface area contributed by atoms with E-state index in [4.69, 9.17) is 37.4 Å². The molecule has 0 amide bonds. The molecule has 0 atom stereocenters. The van der Waals surface area contributed by atoms with Gasteiger partial charge in [-0.05, 0) is 47.5 Å². The van der Waals surface area contributed by atoms with Crippen molar-refractivity contribution >= 4 is 39.7 Å². The van der Waals surface area contributed by atoms with Crippen LogP contribution in [-0.4, -0.2) is 50.1 Å². The quantitative estimate of drug-likeness (QED) is 0.334. The Hall–Kier alpha value is -3.39. The highest BCUT2D eigenvalue weighted by molar-refractivity contribution is 6.36. The molecule has 0 saturated carbocycles. The van der Waals surface area contributed by atoms with Crippen molar-refractivity contribution in [1.82, 2.24) is 4.90 Å². The number of aromatic hydroxyl groups is 1. The number of phenols is 1. The molecule has 4 heterocycles. The molecule has 1 aromatic heterocycles. The van der Waals surface area contributed by atoms with Gasteiger partial charge in [0.05, 0.1) is 28.8 Å². The highest BCUT2D eigenvalue weighted by Crippen LogP contribution is 2.42. The van der Waals surface area contributed by atoms with Gasteiger partial charge in [-0.1, -0.05) is 23.2 Å². The largest absolute Gasteiger partial charge is 0.504 e. The van der Waals surface area contributed by atoms with Gasteiger partial charge in [-0.3, -0.25) is 4.90 Å². The molecule has 1 N–H and O–H groups in total. The van der Waals surface area contributed by atoms with E-state index < -0.39 is 0 Å². The van der Waals surface area contributed by atoms with E-state index in [2.05, 4.69) is 38.8 Å². The van der Waals surface area contributed by atoms with Crippen LogP contribution in [0.15, 0.2) is 48.7 Å². The van der Waals surface area contributed by atoms with Gasteiger partial charge >= 0.3 is 0 Å². The Labute approximate surface area is 236 Å². The molecule has 7 rings (SSSR count). The monoisotopic (exact) mass is 564 g/mol. The smallest absolute Gasteiger partial charge is 0.231 e. The Balaban J connectivity index is 1.23. The number of hydrogen-bond acceptors (Lipinski definition) is 6. The lowest BCUT2D eigenvalue weighted by molar-refractivity contribution is -0.686. The van der Waals surface area contributed by atoms with Crippen LogP contribution in [0.25, 0.3) is 22.0 Å². The van der Waals surface area contributed by atoms with Crippen molar-refractivity contribution in [3.05, 3.63) is 69.8 Å². The molecule has 7 nitrogen and oxygen atoms in total. The Kier molecular flexibility index (Phi) is 6.10. The number of benzene rings is 3. The first kappa shape index (κ1) is 24.6. The van der Waals surface area contributed by atoms with Crippen LogP contribution in [0, 0.1) is 0 Å². The molecular formula is C30H28Cl2N3O4+. The maximum absolute atomic E-state index is 11.1. The van der Waals surface area contributed by atoms with Crippen molar-refractivity contribution in [2.24, 2.45) is 0 Å². The number of methoxy groups -OCH3 is 1. The van der Waals surface area contributed by atoms with Gasteiger partial charge in [0.15, 0.2) is 35.7 Å². The van der Waals surface area contributed by atoms with Crippen LogP contribution in [-0.2, 0) is 19.5 Å². The molecule has 3 aromatic carbocycles. The zero-order chi connectivity index (χ0) is 26.7. The minimum absolute atomic E-state index is 0.172. The highest BCUT2D eigenvalue weighted by atomic mass is 35.5. The Bertz CT molecular complexity index is 1620. The zero-order valence-corrected chi connectivity index (χ0v) is 23.1. The second kappa shape index (κ2) is 9.66. The molecule has 4 aromatic rings. The lowest BCUT2D eigenvalue weighted by Crippen LogP contribution is -2.46. The summed E-state index contributed by atoms with van der Waals surface area (Å²) in [5, 5.41) is 14.2. The molecule has 200 valence electrons. The highest BCUT2D eigenvalue weighted by Gasteiger charge is 2.30. The molecule has 9 heteroatoms. The predicted molar refractivity (Wildman–Crippen MR) is 152 cm³/mol. The molecule has 3 aliphatic heterocycles. The fourth-order valence-corrected chi connectivity index (χ4v) is 6.51. The molecule has 0 unspecified atom stereocenters. The van der Waals surface area contributed by atoms with Gasteiger partial charge in [0.2, 0.25) is 12.5 Å². The Morgan fingerprint density at radius 2 is 1.77 bits per heavy atom. The number of fused-ring (bicyclic) bond motifs is 5. The number of rotatable bonds is 4. The molecule has 0 bridgehead atoms. The van der Waals surface area contributed by atoms with E-state index in [-0.39, 0.29) is 12.5 Å². The number of nitrogens with zero attached hydrogens (tertiary/aromatic N) is 3. The van der Waals surface area contributed by atoms with E-state index in [1.165, 1.54) is 5.56 Å². The predicted octanol–water partition coefficient (Wildman–Crippen LogP) is 5.42. The standard InChI is InChI=1S/C30H27Cl2N3O4/c1-37-29-11-19(15-33-6-8-34(9-7-33)25-3-2-20(31)12-24(25)32)21-13-26-22-14-28-27(38-17-39-28)10-18(22)4-5-35(26)16-23(21)30(29)36/h2-3,10-14,16H,4-9,15,17H2,1H3/p+1. The number of piperazine rings is 1. The van der Waals surface area contributed by atoms with E-state index in [9.17, 15) is 5.11 Å². The number of hydrogen-bond donors (Lipinski definition) is 1. The summed E-state index contributed by atoms with van der Waals surface area (Å²) >= 11 is 12.6. The summed E-state index contributed by atoms with van der Waals surface area (Å²) in [5.74, 6) is 2.25. The van der Waals surface area contributed by atoms with Crippen molar-refractivity contribution in [2.75, 3.05) is 45.0 Å². The third-order valence-corrected chi connectivity index (χ3v) is 8.58. The maximum atomic E-state index is 11.1. The van der Waals surface area contributed by atoms with Crippen molar-refractivity contribution in [1.29, 1.82) is 0 Å². The first-order valence-corrected chi connectivity index (χ1v) is 13.9. The van der Waals surface area contributed by atoms with Crippen molar-refractivity contribution < 1.29 is 23.9 Å². The van der Waals surface area contributed by atoms with Gasteiger partial charge in [0, 0.05) is 55.6 Å². The lowest BCUT2D eigenvalue weighted by Gasteiger charge is -2.36. The van der Waals surface area contributed by atoms with Gasteiger partial charge in [-0.2, -0.15) is 4.57 Å². The second-order valence-electron chi connectivity index (χ2n) is 10.2. The Morgan fingerprint density at radius 1 is 0.974 bits per heavy atom. The number of pyridine rings is 1. The van der Waals surface area contributed by atoms with Crippen molar-refractivity contribution in [2.45, 2.75) is 19.5 Å². The van der Waals surface area contributed by atoms with Gasteiger partial charge in [-0.15, -0.1) is 0 Å². The van der Waals surface area contributed by atoms with Crippen LogP contribution in [0.4, 0.5) is 5.69 Å². The average Bonchev–Trinajstić information content (AvgIpc) is 3.41. The molecule has 3 aliphatic rings. The third kappa shape index (κ3) is 4.29. The second-order valence-corrected chi connectivity index (χ2v) is 11.1. The summed E-state index contributed by atoms with van der Waals surface area (Å²) in [4.78, 5) is 4.74. The van der Waals surface area contributed by atoms with Gasteiger partial charge < -0.3 is 24.2 Å². The number of aromatic nitrogens is 1. The minimum Gasteiger partial charge on any atom is -0.504 e. The van der Waals surface area contributed by atoms with Gasteiger partial charge in [0.1, 0.15) is 0 Å². The van der Waals surface area contributed by atoms with Crippen LogP contribution < -0.4 is 23.7 Å². The molecule has 0 radical (unpaired) electrons. The summed E-state index contributed by atoms with van der Waals surface area (Å²) < 4.78 is 19.1. The summed E-state index contributed by atoms with van der Waals surface area (Å²) in [6.07, 6.45) is 2.94. The van der Waals surface area contributed by atoms with Crippen LogP contribution in [0.3, 0.4) is 0 Å². The molecule has 1 saturated heterocycles. The molecule has 1 fully saturated rings. The third-order valence-electron chi connectivity index (χ3n) is 8.04. The summed E-state index contributed by atoms with van der Waals surface area (Å²) in [7, 11) is 1.60. The van der Waals surface area contributed by atoms with E-state index in [0.29, 0.717) is 15.8 Å². The summed E-state index contributed by atoms with van der Waals surface area (Å²) in [6, 6.07) is 14.0. The molecule has 0 aliphatic carbocycles. The van der Waals surface area contributed by atoms with E-state index in [0.717, 1.165) is 90.5 Å². The van der Waals surface area contributed by atoms with E-state index in [1.54, 1.807) is 13.2 Å². The average molecular weight is 565 g/mol. The molecular weight excluding hydrogens is 537 g/mol. The van der Waals surface area contributed by atoms with Crippen molar-refractivity contribution in [3.8, 4) is 34.3 Å². The summed E-state index contributed by atoms with van der Waals surface area (Å²) in [6.45, 7) is 5.31. The topological polar surface area (TPSA) is 58.3 Å². The molecule has 0 spiro atoms. The lowest BCUT2D eigenvalue weighted by atomic mass is 9.94. The number of aryl methyl sites for hydroxylation is 2. The summed E-state index contributed by atoms with van der Waals surface area (Å²) in [5.41, 5.74) is 5.63.